The molecule has 3 rings (SSSR count). The van der Waals surface area contributed by atoms with Crippen molar-refractivity contribution in [3.8, 4) is 0 Å². The summed E-state index contributed by atoms with van der Waals surface area (Å²) in [6.45, 7) is 2.02. The predicted molar refractivity (Wildman–Crippen MR) is 85.0 cm³/mol. The van der Waals surface area contributed by atoms with Gasteiger partial charge in [0.15, 0.2) is 0 Å². The van der Waals surface area contributed by atoms with Gasteiger partial charge >= 0.3 is 0 Å². The molecule has 0 radical (unpaired) electrons. The van der Waals surface area contributed by atoms with Crippen molar-refractivity contribution in [2.75, 3.05) is 20.1 Å². The quantitative estimate of drug-likeness (QED) is 0.718. The first-order valence-corrected chi connectivity index (χ1v) is 9.86. The Bertz CT molecular complexity index is 577. The van der Waals surface area contributed by atoms with Crippen LogP contribution in [0.2, 0.25) is 0 Å². The predicted octanol–water partition coefficient (Wildman–Crippen LogP) is 1.37. The van der Waals surface area contributed by atoms with Gasteiger partial charge in [-0.1, -0.05) is 0 Å². The van der Waals surface area contributed by atoms with Gasteiger partial charge in [0, 0.05) is 36.6 Å². The maximum Gasteiger partial charge on any atom is 0.250 e. The molecule has 1 aromatic heterocycles. The van der Waals surface area contributed by atoms with E-state index in [0.29, 0.717) is 22.8 Å². The molecule has 2 aliphatic rings. The standard InChI is InChI=1S/C14H23N3O2S2/c1-17(12-4-5-12)9-8-16-21(18,19)14-7-6-13(20-14)10-15-11-2-3-11/h6-7,11-12,15-16H,2-5,8-10H2,1H3. The van der Waals surface area contributed by atoms with Crippen LogP contribution in [0, 0.1) is 0 Å². The van der Waals surface area contributed by atoms with Crippen molar-refractivity contribution < 1.29 is 8.42 Å². The number of likely N-dealkylation sites (N-methyl/N-ethyl adjacent to an activating group) is 1. The minimum atomic E-state index is -3.35. The van der Waals surface area contributed by atoms with Crippen LogP contribution in [0.5, 0.6) is 0 Å². The molecule has 2 fully saturated rings. The van der Waals surface area contributed by atoms with Crippen LogP contribution in [-0.2, 0) is 16.6 Å². The van der Waals surface area contributed by atoms with Gasteiger partial charge in [0.05, 0.1) is 0 Å². The molecule has 0 amide bonds. The molecule has 0 aromatic carbocycles. The highest BCUT2D eigenvalue weighted by Crippen LogP contribution is 2.25. The summed E-state index contributed by atoms with van der Waals surface area (Å²) in [6.07, 6.45) is 4.97. The van der Waals surface area contributed by atoms with Gasteiger partial charge in [0.25, 0.3) is 0 Å². The lowest BCUT2D eigenvalue weighted by molar-refractivity contribution is 0.329. The second-order valence-electron chi connectivity index (χ2n) is 5.99. The highest BCUT2D eigenvalue weighted by atomic mass is 32.2. The van der Waals surface area contributed by atoms with Crippen LogP contribution in [0.15, 0.2) is 16.3 Å². The Hall–Kier alpha value is -0.470. The maximum absolute atomic E-state index is 12.2. The first kappa shape index (κ1) is 15.4. The smallest absolute Gasteiger partial charge is 0.250 e. The van der Waals surface area contributed by atoms with Crippen molar-refractivity contribution in [2.45, 2.75) is 48.5 Å². The molecule has 7 heteroatoms. The van der Waals surface area contributed by atoms with Gasteiger partial charge in [-0.3, -0.25) is 0 Å². The van der Waals surface area contributed by atoms with Crippen LogP contribution in [0.1, 0.15) is 30.6 Å². The molecule has 0 bridgehead atoms. The zero-order valence-electron chi connectivity index (χ0n) is 12.3. The number of hydrogen-bond acceptors (Lipinski definition) is 5. The van der Waals surface area contributed by atoms with Gasteiger partial charge < -0.3 is 10.2 Å². The molecule has 5 nitrogen and oxygen atoms in total. The summed E-state index contributed by atoms with van der Waals surface area (Å²) in [6, 6.07) is 4.92. The first-order valence-electron chi connectivity index (χ1n) is 7.56. The second-order valence-corrected chi connectivity index (χ2v) is 9.15. The largest absolute Gasteiger partial charge is 0.309 e. The SMILES string of the molecule is CN(CCNS(=O)(=O)c1ccc(CNC2CC2)s1)C1CC1. The van der Waals surface area contributed by atoms with Crippen molar-refractivity contribution in [1.82, 2.24) is 14.9 Å². The molecular weight excluding hydrogens is 306 g/mol. The van der Waals surface area contributed by atoms with Crippen LogP contribution < -0.4 is 10.0 Å². The second kappa shape index (κ2) is 6.34. The normalized spacial score (nSPS) is 19.3. The number of sulfonamides is 1. The number of nitrogens with zero attached hydrogens (tertiary/aromatic N) is 1. The average molecular weight is 329 g/mol. The lowest BCUT2D eigenvalue weighted by Gasteiger charge is -2.15. The number of hydrogen-bond donors (Lipinski definition) is 2. The molecule has 0 aliphatic heterocycles. The summed E-state index contributed by atoms with van der Waals surface area (Å²) in [4.78, 5) is 3.31. The Morgan fingerprint density at radius 3 is 2.71 bits per heavy atom. The van der Waals surface area contributed by atoms with Crippen molar-refractivity contribution >= 4 is 21.4 Å². The zero-order chi connectivity index (χ0) is 14.9. The Labute approximate surface area is 130 Å². The highest BCUT2D eigenvalue weighted by molar-refractivity contribution is 7.91. The lowest BCUT2D eigenvalue weighted by atomic mass is 10.4. The summed E-state index contributed by atoms with van der Waals surface area (Å²) >= 11 is 1.36. The van der Waals surface area contributed by atoms with Crippen LogP contribution in [0.4, 0.5) is 0 Å². The minimum Gasteiger partial charge on any atom is -0.309 e. The van der Waals surface area contributed by atoms with Gasteiger partial charge in [-0.15, -0.1) is 11.3 Å². The van der Waals surface area contributed by atoms with E-state index in [9.17, 15) is 8.42 Å². The van der Waals surface area contributed by atoms with E-state index in [0.717, 1.165) is 18.0 Å². The fourth-order valence-corrected chi connectivity index (χ4v) is 4.63. The lowest BCUT2D eigenvalue weighted by Crippen LogP contribution is -2.33. The minimum absolute atomic E-state index is 0.421. The van der Waals surface area contributed by atoms with Gasteiger partial charge in [0.1, 0.15) is 4.21 Å². The van der Waals surface area contributed by atoms with E-state index in [4.69, 9.17) is 0 Å². The molecule has 1 aromatic rings. The Kier molecular flexibility index (Phi) is 4.66. The van der Waals surface area contributed by atoms with Gasteiger partial charge in [0.2, 0.25) is 10.0 Å². The molecule has 1 heterocycles. The van der Waals surface area contributed by atoms with Crippen molar-refractivity contribution in [3.63, 3.8) is 0 Å². The van der Waals surface area contributed by atoms with E-state index in [1.165, 1.54) is 37.0 Å². The molecule has 0 spiro atoms. The van der Waals surface area contributed by atoms with Crippen molar-refractivity contribution in [3.05, 3.63) is 17.0 Å². The summed E-state index contributed by atoms with van der Waals surface area (Å²) < 4.78 is 27.6. The Morgan fingerprint density at radius 2 is 2.05 bits per heavy atom. The fraction of sp³-hybridized carbons (Fsp3) is 0.714. The summed E-state index contributed by atoms with van der Waals surface area (Å²) in [5.74, 6) is 0. The Morgan fingerprint density at radius 1 is 1.29 bits per heavy atom. The molecule has 2 N–H and O–H groups in total. The number of thiophene rings is 1. The van der Waals surface area contributed by atoms with E-state index < -0.39 is 10.0 Å². The van der Waals surface area contributed by atoms with Crippen molar-refractivity contribution in [2.24, 2.45) is 0 Å². The zero-order valence-corrected chi connectivity index (χ0v) is 14.0. The van der Waals surface area contributed by atoms with E-state index in [1.54, 1.807) is 6.07 Å². The van der Waals surface area contributed by atoms with Crippen LogP contribution in [-0.4, -0.2) is 45.5 Å². The first-order chi connectivity index (χ1) is 10.0. The van der Waals surface area contributed by atoms with Crippen molar-refractivity contribution in [1.29, 1.82) is 0 Å². The third kappa shape index (κ3) is 4.50. The summed E-state index contributed by atoms with van der Waals surface area (Å²) in [5, 5.41) is 3.40. The molecular formula is C14H23N3O2S2. The summed E-state index contributed by atoms with van der Waals surface area (Å²) in [5.41, 5.74) is 0. The molecule has 118 valence electrons. The third-order valence-corrected chi connectivity index (χ3v) is 7.01. The van der Waals surface area contributed by atoms with Crippen LogP contribution in [0.25, 0.3) is 0 Å². The highest BCUT2D eigenvalue weighted by Gasteiger charge is 2.26. The maximum atomic E-state index is 12.2. The van der Waals surface area contributed by atoms with Gasteiger partial charge in [-0.25, -0.2) is 13.1 Å². The van der Waals surface area contributed by atoms with E-state index in [1.807, 2.05) is 6.07 Å². The molecule has 0 saturated heterocycles. The van der Waals surface area contributed by atoms with Gasteiger partial charge in [-0.05, 0) is 44.9 Å². The molecule has 0 unspecified atom stereocenters. The topological polar surface area (TPSA) is 61.4 Å². The number of rotatable bonds is 9. The average Bonchev–Trinajstić information content (AvgIpc) is 3.35. The van der Waals surface area contributed by atoms with E-state index >= 15 is 0 Å². The molecule has 2 aliphatic carbocycles. The molecule has 21 heavy (non-hydrogen) atoms. The summed E-state index contributed by atoms with van der Waals surface area (Å²) in [7, 11) is -1.29. The monoisotopic (exact) mass is 329 g/mol. The van der Waals surface area contributed by atoms with E-state index in [2.05, 4.69) is 22.0 Å². The van der Waals surface area contributed by atoms with E-state index in [-0.39, 0.29) is 0 Å². The number of nitrogens with one attached hydrogen (secondary N) is 2. The van der Waals surface area contributed by atoms with Crippen LogP contribution in [0.3, 0.4) is 0 Å². The molecule has 2 saturated carbocycles. The fourth-order valence-electron chi connectivity index (χ4n) is 2.26. The van der Waals surface area contributed by atoms with Crippen LogP contribution >= 0.6 is 11.3 Å². The van der Waals surface area contributed by atoms with Gasteiger partial charge in [-0.2, -0.15) is 0 Å². The molecule has 0 atom stereocenters. The Balaban J connectivity index is 1.48. The third-order valence-electron chi connectivity index (χ3n) is 3.97.